The molecule has 0 aliphatic heterocycles. The number of ketones is 1. The van der Waals surface area contributed by atoms with Crippen molar-refractivity contribution in [3.05, 3.63) is 88.0 Å². The molecule has 168 valence electrons. The highest BCUT2D eigenvalue weighted by Crippen LogP contribution is 2.32. The number of benzene rings is 2. The van der Waals surface area contributed by atoms with E-state index >= 15 is 0 Å². The first kappa shape index (κ1) is 23.0. The summed E-state index contributed by atoms with van der Waals surface area (Å²) in [5.74, 6) is 0.879. The molecule has 0 atom stereocenters. The van der Waals surface area contributed by atoms with E-state index in [4.69, 9.17) is 9.72 Å². The Kier molecular flexibility index (Phi) is 7.11. The van der Waals surface area contributed by atoms with E-state index < -0.39 is 0 Å². The number of fused-ring (bicyclic) bond motifs is 1. The molecule has 4 aromatic rings. The van der Waals surface area contributed by atoms with Crippen molar-refractivity contribution in [3.8, 4) is 16.9 Å². The molecule has 2 aromatic carbocycles. The second-order valence-electron chi connectivity index (χ2n) is 7.46. The van der Waals surface area contributed by atoms with Crippen LogP contribution in [0.4, 0.5) is 0 Å². The lowest BCUT2D eigenvalue weighted by molar-refractivity contribution is 0.102. The number of carbonyl (C=O) groups excluding carboxylic acids is 1. The van der Waals surface area contributed by atoms with E-state index in [9.17, 15) is 9.59 Å². The first-order chi connectivity index (χ1) is 16.0. The third-order valence-electron chi connectivity index (χ3n) is 5.15. The number of thioether (sulfide) groups is 1. The minimum Gasteiger partial charge on any atom is -0.494 e. The predicted octanol–water partition coefficient (Wildman–Crippen LogP) is 5.99. The van der Waals surface area contributed by atoms with Gasteiger partial charge in [0.05, 0.1) is 17.7 Å². The lowest BCUT2D eigenvalue weighted by Crippen LogP contribution is -2.23. The van der Waals surface area contributed by atoms with Crippen LogP contribution in [-0.2, 0) is 6.54 Å². The maximum atomic E-state index is 13.4. The molecule has 0 radical (unpaired) electrons. The maximum Gasteiger partial charge on any atom is 0.263 e. The molecule has 0 saturated carbocycles. The van der Waals surface area contributed by atoms with E-state index in [1.54, 1.807) is 34.9 Å². The van der Waals surface area contributed by atoms with Gasteiger partial charge in [-0.25, -0.2) is 4.98 Å². The summed E-state index contributed by atoms with van der Waals surface area (Å²) < 4.78 is 7.03. The molecule has 5 nitrogen and oxygen atoms in total. The average Bonchev–Trinajstić information content (AvgIpc) is 3.25. The van der Waals surface area contributed by atoms with Crippen molar-refractivity contribution in [3.63, 3.8) is 0 Å². The van der Waals surface area contributed by atoms with Crippen molar-refractivity contribution < 1.29 is 9.53 Å². The number of hydrogen-bond acceptors (Lipinski definition) is 6. The molecule has 4 rings (SSSR count). The molecule has 7 heteroatoms. The van der Waals surface area contributed by atoms with Gasteiger partial charge in [0.15, 0.2) is 10.9 Å². The molecule has 0 unspecified atom stereocenters. The number of thiophene rings is 1. The van der Waals surface area contributed by atoms with Crippen molar-refractivity contribution in [2.24, 2.45) is 0 Å². The number of carbonyl (C=O) groups is 1. The van der Waals surface area contributed by atoms with Gasteiger partial charge in [-0.15, -0.1) is 17.9 Å². The van der Waals surface area contributed by atoms with Gasteiger partial charge in [0.2, 0.25) is 0 Å². The van der Waals surface area contributed by atoms with E-state index in [0.717, 1.165) is 22.4 Å². The van der Waals surface area contributed by atoms with Gasteiger partial charge in [-0.1, -0.05) is 47.7 Å². The molecule has 0 N–H and O–H groups in total. The fourth-order valence-electron chi connectivity index (χ4n) is 3.47. The number of rotatable bonds is 9. The molecular weight excluding hydrogens is 452 g/mol. The number of allylic oxidation sites excluding steroid dienone is 1. The summed E-state index contributed by atoms with van der Waals surface area (Å²) in [4.78, 5) is 31.6. The van der Waals surface area contributed by atoms with Crippen LogP contribution in [0.15, 0.2) is 76.5 Å². The summed E-state index contributed by atoms with van der Waals surface area (Å²) in [5, 5.41) is 3.10. The summed E-state index contributed by atoms with van der Waals surface area (Å²) in [6, 6.07) is 15.2. The number of ether oxygens (including phenoxy) is 1. The molecule has 2 aromatic heterocycles. The second-order valence-corrected chi connectivity index (χ2v) is 9.26. The largest absolute Gasteiger partial charge is 0.494 e. The predicted molar refractivity (Wildman–Crippen MR) is 137 cm³/mol. The summed E-state index contributed by atoms with van der Waals surface area (Å²) >= 11 is 2.71. The number of hydrogen-bond donors (Lipinski definition) is 0. The normalized spacial score (nSPS) is 11.0. The zero-order chi connectivity index (χ0) is 23.4. The first-order valence-electron chi connectivity index (χ1n) is 10.6. The number of aromatic nitrogens is 2. The van der Waals surface area contributed by atoms with Crippen molar-refractivity contribution in [1.82, 2.24) is 9.55 Å². The van der Waals surface area contributed by atoms with Gasteiger partial charge >= 0.3 is 0 Å². The maximum absolute atomic E-state index is 13.4. The molecule has 2 heterocycles. The topological polar surface area (TPSA) is 61.2 Å². The van der Waals surface area contributed by atoms with E-state index in [-0.39, 0.29) is 17.1 Å². The monoisotopic (exact) mass is 476 g/mol. The number of nitrogens with zero attached hydrogens (tertiary/aromatic N) is 2. The molecule has 0 saturated heterocycles. The van der Waals surface area contributed by atoms with Crippen molar-refractivity contribution in [2.45, 2.75) is 25.5 Å². The Morgan fingerprint density at radius 3 is 2.58 bits per heavy atom. The second kappa shape index (κ2) is 10.2. The quantitative estimate of drug-likeness (QED) is 0.128. The van der Waals surface area contributed by atoms with Gasteiger partial charge in [-0.2, -0.15) is 0 Å². The number of Topliss-reactive ketones (excluding diaryl/α,β-unsaturated/α-hetero) is 1. The molecule has 0 aliphatic carbocycles. The van der Waals surface area contributed by atoms with Crippen LogP contribution in [0.25, 0.3) is 21.3 Å². The molecule has 0 aliphatic rings. The van der Waals surface area contributed by atoms with Crippen LogP contribution < -0.4 is 10.3 Å². The molecular formula is C26H24N2O3S2. The summed E-state index contributed by atoms with van der Waals surface area (Å²) in [6.45, 7) is 8.64. The molecule has 0 bridgehead atoms. The van der Waals surface area contributed by atoms with Crippen LogP contribution in [0.2, 0.25) is 0 Å². The zero-order valence-electron chi connectivity index (χ0n) is 18.5. The Bertz CT molecular complexity index is 1350. The molecule has 0 spiro atoms. The summed E-state index contributed by atoms with van der Waals surface area (Å²) in [6.07, 6.45) is 1.67. The van der Waals surface area contributed by atoms with Gasteiger partial charge in [-0.05, 0) is 43.7 Å². The van der Waals surface area contributed by atoms with Gasteiger partial charge in [-0.3, -0.25) is 14.2 Å². The van der Waals surface area contributed by atoms with Crippen LogP contribution in [0.1, 0.15) is 22.8 Å². The molecule has 0 amide bonds. The van der Waals surface area contributed by atoms with Gasteiger partial charge in [0.25, 0.3) is 5.56 Å². The fraction of sp³-hybridized carbons (Fsp3) is 0.192. The van der Waals surface area contributed by atoms with Crippen LogP contribution in [0, 0.1) is 6.92 Å². The Labute approximate surface area is 200 Å². The minimum absolute atomic E-state index is 0.0333. The van der Waals surface area contributed by atoms with Crippen LogP contribution >= 0.6 is 23.1 Å². The summed E-state index contributed by atoms with van der Waals surface area (Å²) in [7, 11) is 0. The highest BCUT2D eigenvalue weighted by atomic mass is 32.2. The van der Waals surface area contributed by atoms with Crippen LogP contribution in [0.3, 0.4) is 0 Å². The fourth-order valence-corrected chi connectivity index (χ4v) is 5.36. The Hall–Kier alpha value is -3.16. The molecule has 0 fully saturated rings. The lowest BCUT2D eigenvalue weighted by atomic mass is 10.1. The number of aryl methyl sites for hydroxylation is 1. The molecule has 33 heavy (non-hydrogen) atoms. The zero-order valence-corrected chi connectivity index (χ0v) is 20.2. The minimum atomic E-state index is -0.118. The van der Waals surface area contributed by atoms with Crippen LogP contribution in [0.5, 0.6) is 5.75 Å². The summed E-state index contributed by atoms with van der Waals surface area (Å²) in [5.41, 5.74) is 3.51. The van der Waals surface area contributed by atoms with Gasteiger partial charge in [0, 0.05) is 23.1 Å². The SMILES string of the molecule is C=CCn1c(SCC(=O)c2ccc(OCC)cc2)nc2scc(-c3ccc(C)cc3)c2c1=O. The van der Waals surface area contributed by atoms with Crippen molar-refractivity contribution >= 4 is 39.1 Å². The highest BCUT2D eigenvalue weighted by molar-refractivity contribution is 7.99. The Balaban J connectivity index is 1.64. The van der Waals surface area contributed by atoms with Crippen molar-refractivity contribution in [1.29, 1.82) is 0 Å². The van der Waals surface area contributed by atoms with Crippen LogP contribution in [-0.4, -0.2) is 27.7 Å². The Morgan fingerprint density at radius 1 is 1.18 bits per heavy atom. The average molecular weight is 477 g/mol. The third-order valence-corrected chi connectivity index (χ3v) is 7.00. The van der Waals surface area contributed by atoms with E-state index in [1.165, 1.54) is 23.1 Å². The lowest BCUT2D eigenvalue weighted by Gasteiger charge is -2.11. The van der Waals surface area contributed by atoms with Gasteiger partial charge < -0.3 is 4.74 Å². The standard InChI is InChI=1S/C26H24N2O3S2/c1-4-14-28-25(30)23-21(18-8-6-17(3)7-9-18)15-32-24(23)27-26(28)33-16-22(29)19-10-12-20(13-11-19)31-5-2/h4,6-13,15H,1,5,14,16H2,2-3H3. The van der Waals surface area contributed by atoms with E-state index in [2.05, 4.69) is 6.58 Å². The highest BCUT2D eigenvalue weighted by Gasteiger charge is 2.18. The third kappa shape index (κ3) is 4.94. The smallest absolute Gasteiger partial charge is 0.263 e. The van der Waals surface area contributed by atoms with E-state index in [0.29, 0.717) is 34.1 Å². The van der Waals surface area contributed by atoms with Crippen molar-refractivity contribution in [2.75, 3.05) is 12.4 Å². The first-order valence-corrected chi connectivity index (χ1v) is 12.5. The van der Waals surface area contributed by atoms with E-state index in [1.807, 2.05) is 43.5 Å². The van der Waals surface area contributed by atoms with Gasteiger partial charge in [0.1, 0.15) is 10.6 Å². The Morgan fingerprint density at radius 2 is 1.91 bits per heavy atom.